The molecule has 2 N–H and O–H groups in total. The molecule has 0 aliphatic carbocycles. The average Bonchev–Trinajstić information content (AvgIpc) is 2.25. The number of rotatable bonds is 5. The summed E-state index contributed by atoms with van der Waals surface area (Å²) in [4.78, 5) is 8.64. The highest BCUT2D eigenvalue weighted by molar-refractivity contribution is 5.48. The largest absolute Gasteiger partial charge is 0.370 e. The van der Waals surface area contributed by atoms with E-state index in [1.165, 1.54) is 0 Å². The van der Waals surface area contributed by atoms with Crippen LogP contribution >= 0.6 is 0 Å². The van der Waals surface area contributed by atoms with Gasteiger partial charge in [0, 0.05) is 18.0 Å². The van der Waals surface area contributed by atoms with Crippen molar-refractivity contribution < 1.29 is 8.78 Å². The fourth-order valence-corrected chi connectivity index (χ4v) is 1.33. The second-order valence-electron chi connectivity index (χ2n) is 5.01. The van der Waals surface area contributed by atoms with Crippen molar-refractivity contribution in [3.05, 3.63) is 11.9 Å². The van der Waals surface area contributed by atoms with Gasteiger partial charge in [0.05, 0.1) is 6.54 Å². The highest BCUT2D eigenvalue weighted by Crippen LogP contribution is 2.22. The van der Waals surface area contributed by atoms with Gasteiger partial charge in [0.25, 0.3) is 6.43 Å². The molecule has 0 amide bonds. The lowest BCUT2D eigenvalue weighted by atomic mass is 9.96. The quantitative estimate of drug-likeness (QED) is 0.852. The van der Waals surface area contributed by atoms with Gasteiger partial charge in [0.1, 0.15) is 17.5 Å². The summed E-state index contributed by atoms with van der Waals surface area (Å²) in [5.74, 6) is 1.69. The molecule has 0 radical (unpaired) electrons. The van der Waals surface area contributed by atoms with Crippen molar-refractivity contribution in [2.75, 3.05) is 23.7 Å². The van der Waals surface area contributed by atoms with Gasteiger partial charge in [-0.3, -0.25) is 0 Å². The molecule has 0 atom stereocenters. The molecule has 1 aromatic heterocycles. The Hall–Kier alpha value is -1.46. The van der Waals surface area contributed by atoms with Crippen molar-refractivity contribution in [3.8, 4) is 0 Å². The van der Waals surface area contributed by atoms with Crippen molar-refractivity contribution in [1.29, 1.82) is 0 Å². The van der Waals surface area contributed by atoms with E-state index in [0.29, 0.717) is 17.5 Å². The highest BCUT2D eigenvalue weighted by atomic mass is 19.3. The summed E-state index contributed by atoms with van der Waals surface area (Å²) in [5, 5.41) is 5.68. The first-order chi connectivity index (χ1) is 8.32. The lowest BCUT2D eigenvalue weighted by Gasteiger charge is -2.19. The fourth-order valence-electron chi connectivity index (χ4n) is 1.33. The minimum Gasteiger partial charge on any atom is -0.370 e. The zero-order chi connectivity index (χ0) is 13.8. The van der Waals surface area contributed by atoms with Gasteiger partial charge < -0.3 is 10.6 Å². The fraction of sp³-hybridized carbons (Fsp3) is 0.667. The van der Waals surface area contributed by atoms with Crippen LogP contribution in [0.3, 0.4) is 0 Å². The van der Waals surface area contributed by atoms with Crippen LogP contribution < -0.4 is 10.6 Å². The molecule has 1 rings (SSSR count). The summed E-state index contributed by atoms with van der Waals surface area (Å²) in [7, 11) is 0. The number of nitrogens with one attached hydrogen (secondary N) is 2. The molecule has 1 aromatic rings. The molecule has 6 heteroatoms. The van der Waals surface area contributed by atoms with E-state index in [-0.39, 0.29) is 5.41 Å². The summed E-state index contributed by atoms with van der Waals surface area (Å²) < 4.78 is 24.4. The van der Waals surface area contributed by atoms with E-state index in [1.54, 1.807) is 6.07 Å². The standard InChI is InChI=1S/C12H20F2N4/c1-5-15-9-6-10(16-7-8(13)14)18-11(17-9)12(2,3)4/h6,8H,5,7H2,1-4H3,(H2,15,16,17,18). The van der Waals surface area contributed by atoms with Crippen molar-refractivity contribution in [1.82, 2.24) is 9.97 Å². The van der Waals surface area contributed by atoms with Crippen LogP contribution in [0.2, 0.25) is 0 Å². The van der Waals surface area contributed by atoms with Crippen LogP contribution in [0.25, 0.3) is 0 Å². The van der Waals surface area contributed by atoms with Gasteiger partial charge in [-0.15, -0.1) is 0 Å². The minimum atomic E-state index is -2.40. The number of halogens is 2. The normalized spacial score (nSPS) is 11.7. The van der Waals surface area contributed by atoms with E-state index in [2.05, 4.69) is 20.6 Å². The van der Waals surface area contributed by atoms with Crippen LogP contribution in [0.15, 0.2) is 6.07 Å². The summed E-state index contributed by atoms with van der Waals surface area (Å²) >= 11 is 0. The van der Waals surface area contributed by atoms with Crippen LogP contribution in [-0.4, -0.2) is 29.5 Å². The second-order valence-corrected chi connectivity index (χ2v) is 5.01. The van der Waals surface area contributed by atoms with Crippen molar-refractivity contribution in [2.24, 2.45) is 0 Å². The van der Waals surface area contributed by atoms with E-state index < -0.39 is 13.0 Å². The molecular formula is C12H20F2N4. The van der Waals surface area contributed by atoms with Gasteiger partial charge in [-0.1, -0.05) is 20.8 Å². The zero-order valence-electron chi connectivity index (χ0n) is 11.2. The Kier molecular flexibility index (Phi) is 4.81. The summed E-state index contributed by atoms with van der Waals surface area (Å²) in [5.41, 5.74) is -0.229. The summed E-state index contributed by atoms with van der Waals surface area (Å²) in [6.45, 7) is 8.20. The molecular weight excluding hydrogens is 238 g/mol. The predicted octanol–water partition coefficient (Wildman–Crippen LogP) is 2.88. The first-order valence-electron chi connectivity index (χ1n) is 5.98. The molecule has 0 saturated carbocycles. The molecule has 0 spiro atoms. The van der Waals surface area contributed by atoms with E-state index in [1.807, 2.05) is 27.7 Å². The molecule has 0 saturated heterocycles. The van der Waals surface area contributed by atoms with Gasteiger partial charge in [0.15, 0.2) is 0 Å². The number of hydrogen-bond donors (Lipinski definition) is 2. The molecule has 0 aromatic carbocycles. The topological polar surface area (TPSA) is 49.8 Å². The van der Waals surface area contributed by atoms with E-state index in [9.17, 15) is 8.78 Å². The lowest BCUT2D eigenvalue weighted by Crippen LogP contribution is -2.19. The summed E-state index contributed by atoms with van der Waals surface area (Å²) in [6, 6.07) is 1.64. The van der Waals surface area contributed by atoms with Gasteiger partial charge in [-0.2, -0.15) is 0 Å². The smallest absolute Gasteiger partial charge is 0.255 e. The molecule has 0 aliphatic heterocycles. The molecule has 102 valence electrons. The lowest BCUT2D eigenvalue weighted by molar-refractivity contribution is 0.163. The molecule has 0 fully saturated rings. The third kappa shape index (κ3) is 4.43. The van der Waals surface area contributed by atoms with E-state index >= 15 is 0 Å². The van der Waals surface area contributed by atoms with Gasteiger partial charge in [-0.05, 0) is 6.92 Å². The number of anilines is 2. The van der Waals surface area contributed by atoms with Crippen molar-refractivity contribution >= 4 is 11.6 Å². The first kappa shape index (κ1) is 14.6. The third-order valence-electron chi connectivity index (χ3n) is 2.19. The number of nitrogens with zero attached hydrogens (tertiary/aromatic N) is 2. The van der Waals surface area contributed by atoms with Gasteiger partial charge in [-0.25, -0.2) is 18.7 Å². The number of alkyl halides is 2. The minimum absolute atomic E-state index is 0.229. The Morgan fingerprint density at radius 3 is 2.17 bits per heavy atom. The number of aromatic nitrogens is 2. The highest BCUT2D eigenvalue weighted by Gasteiger charge is 2.19. The Bertz CT molecular complexity index is 388. The van der Waals surface area contributed by atoms with Crippen molar-refractivity contribution in [2.45, 2.75) is 39.5 Å². The molecule has 1 heterocycles. The van der Waals surface area contributed by atoms with Gasteiger partial charge >= 0.3 is 0 Å². The zero-order valence-corrected chi connectivity index (χ0v) is 11.2. The Labute approximate surface area is 106 Å². The SMILES string of the molecule is CCNc1cc(NCC(F)F)nc(C(C)(C)C)n1. The van der Waals surface area contributed by atoms with Gasteiger partial charge in [0.2, 0.25) is 0 Å². The Balaban J connectivity index is 2.98. The molecule has 4 nitrogen and oxygen atoms in total. The molecule has 18 heavy (non-hydrogen) atoms. The van der Waals surface area contributed by atoms with E-state index in [4.69, 9.17) is 0 Å². The molecule has 0 unspecified atom stereocenters. The maximum Gasteiger partial charge on any atom is 0.255 e. The van der Waals surface area contributed by atoms with Crippen LogP contribution in [0.5, 0.6) is 0 Å². The summed E-state index contributed by atoms with van der Waals surface area (Å²) in [6.07, 6.45) is -2.40. The average molecular weight is 258 g/mol. The monoisotopic (exact) mass is 258 g/mol. The van der Waals surface area contributed by atoms with Crippen LogP contribution in [0.1, 0.15) is 33.5 Å². The first-order valence-corrected chi connectivity index (χ1v) is 5.98. The maximum absolute atomic E-state index is 12.2. The Morgan fingerprint density at radius 1 is 1.17 bits per heavy atom. The number of hydrogen-bond acceptors (Lipinski definition) is 4. The third-order valence-corrected chi connectivity index (χ3v) is 2.19. The van der Waals surface area contributed by atoms with Crippen LogP contribution in [0, 0.1) is 0 Å². The predicted molar refractivity (Wildman–Crippen MR) is 69.4 cm³/mol. The Morgan fingerprint density at radius 2 is 1.72 bits per heavy atom. The molecule has 0 bridgehead atoms. The maximum atomic E-state index is 12.2. The van der Waals surface area contributed by atoms with E-state index in [0.717, 1.165) is 6.54 Å². The van der Waals surface area contributed by atoms with Crippen molar-refractivity contribution in [3.63, 3.8) is 0 Å². The molecule has 0 aliphatic rings. The van der Waals surface area contributed by atoms with Crippen LogP contribution in [-0.2, 0) is 5.41 Å². The second kappa shape index (κ2) is 5.93. The van der Waals surface area contributed by atoms with Crippen LogP contribution in [0.4, 0.5) is 20.4 Å².